The van der Waals surface area contributed by atoms with Crippen LogP contribution in [0.2, 0.25) is 0 Å². The molecule has 1 amide bonds. The van der Waals surface area contributed by atoms with E-state index in [0.717, 1.165) is 32.0 Å². The molecular weight excluding hydrogens is 334 g/mol. The average molecular weight is 364 g/mol. The van der Waals surface area contributed by atoms with E-state index in [1.54, 1.807) is 0 Å². The van der Waals surface area contributed by atoms with E-state index in [0.29, 0.717) is 13.1 Å². The molecule has 27 heavy (non-hydrogen) atoms. The van der Waals surface area contributed by atoms with Gasteiger partial charge in [-0.1, -0.05) is 36.4 Å². The normalized spacial score (nSPS) is 16.2. The third-order valence-corrected chi connectivity index (χ3v) is 5.69. The number of hydrogen-bond acceptors (Lipinski definition) is 3. The van der Waals surface area contributed by atoms with Gasteiger partial charge in [0, 0.05) is 26.2 Å². The molecule has 2 aliphatic rings. The zero-order chi connectivity index (χ0) is 18.6. The number of nitrogens with one attached hydrogen (secondary N) is 1. The summed E-state index contributed by atoms with van der Waals surface area (Å²) in [4.78, 5) is 17.2. The third kappa shape index (κ3) is 4.44. The number of carbonyl (C=O) groups is 1. The van der Waals surface area contributed by atoms with E-state index in [4.69, 9.17) is 0 Å². The number of fused-ring (bicyclic) bond motifs is 1. The van der Waals surface area contributed by atoms with Gasteiger partial charge in [0.1, 0.15) is 0 Å². The lowest BCUT2D eigenvalue weighted by Crippen LogP contribution is -2.46. The maximum Gasteiger partial charge on any atom is 0.239 e. The lowest BCUT2D eigenvalue weighted by Gasteiger charge is -2.38. The van der Waals surface area contributed by atoms with Crippen LogP contribution in [0.3, 0.4) is 0 Å². The van der Waals surface area contributed by atoms with Crippen LogP contribution in [0.15, 0.2) is 48.5 Å². The number of hydrogen-bond donors (Lipinski definition) is 1. The topological polar surface area (TPSA) is 35.6 Å². The summed E-state index contributed by atoms with van der Waals surface area (Å²) < 4.78 is 0. The molecule has 0 unspecified atom stereocenters. The van der Waals surface area contributed by atoms with Gasteiger partial charge in [0.05, 0.1) is 17.9 Å². The monoisotopic (exact) mass is 363 g/mol. The zero-order valence-electron chi connectivity index (χ0n) is 16.2. The van der Waals surface area contributed by atoms with Crippen LogP contribution in [0.5, 0.6) is 0 Å². The Bertz CT molecular complexity index is 800. The first-order chi connectivity index (χ1) is 13.2. The van der Waals surface area contributed by atoms with Crippen LogP contribution >= 0.6 is 0 Å². The molecule has 1 heterocycles. The van der Waals surface area contributed by atoms with Crippen molar-refractivity contribution in [1.82, 2.24) is 5.32 Å². The number of benzene rings is 2. The molecule has 0 radical (unpaired) electrons. The van der Waals surface area contributed by atoms with E-state index in [2.05, 4.69) is 70.6 Å². The maximum atomic E-state index is 12.5. The van der Waals surface area contributed by atoms with E-state index in [-0.39, 0.29) is 5.91 Å². The van der Waals surface area contributed by atoms with E-state index in [1.807, 2.05) is 0 Å². The molecule has 0 bridgehead atoms. The Kier molecular flexibility index (Phi) is 5.33. The van der Waals surface area contributed by atoms with E-state index < -0.39 is 0 Å². The first kappa shape index (κ1) is 17.9. The smallest absolute Gasteiger partial charge is 0.239 e. The molecule has 1 fully saturated rings. The molecule has 0 spiro atoms. The van der Waals surface area contributed by atoms with E-state index in [1.165, 1.54) is 35.3 Å². The Hall–Kier alpha value is -2.49. The Morgan fingerprint density at radius 3 is 2.41 bits per heavy atom. The van der Waals surface area contributed by atoms with Gasteiger partial charge in [-0.15, -0.1) is 0 Å². The molecule has 142 valence electrons. The van der Waals surface area contributed by atoms with Gasteiger partial charge < -0.3 is 15.1 Å². The van der Waals surface area contributed by atoms with Gasteiger partial charge in [-0.25, -0.2) is 0 Å². The van der Waals surface area contributed by atoms with Gasteiger partial charge in [0.25, 0.3) is 0 Å². The minimum absolute atomic E-state index is 0.106. The van der Waals surface area contributed by atoms with Crippen LogP contribution in [0, 0.1) is 12.8 Å². The first-order valence-corrected chi connectivity index (χ1v) is 10.1. The van der Waals surface area contributed by atoms with Crippen LogP contribution < -0.4 is 15.1 Å². The van der Waals surface area contributed by atoms with Gasteiger partial charge in [-0.05, 0) is 55.4 Å². The lowest BCUT2D eigenvalue weighted by molar-refractivity contribution is -0.119. The molecule has 2 aromatic carbocycles. The van der Waals surface area contributed by atoms with E-state index >= 15 is 0 Å². The molecule has 0 atom stereocenters. The number of rotatable bonds is 7. The number of amides is 1. The molecule has 1 aliphatic heterocycles. The van der Waals surface area contributed by atoms with Crippen molar-refractivity contribution in [2.75, 3.05) is 42.5 Å². The van der Waals surface area contributed by atoms with Gasteiger partial charge >= 0.3 is 0 Å². The molecule has 1 saturated carbocycles. The Morgan fingerprint density at radius 1 is 1.00 bits per heavy atom. The molecule has 2 aromatic rings. The molecule has 0 saturated heterocycles. The second-order valence-electron chi connectivity index (χ2n) is 7.83. The Balaban J connectivity index is 1.33. The highest BCUT2D eigenvalue weighted by atomic mass is 16.2. The number of para-hydroxylation sites is 2. The fourth-order valence-corrected chi connectivity index (χ4v) is 3.90. The highest BCUT2D eigenvalue weighted by Gasteiger charge is 2.29. The number of nitrogens with zero attached hydrogens (tertiary/aromatic N) is 2. The summed E-state index contributed by atoms with van der Waals surface area (Å²) in [6.45, 7) is 6.32. The van der Waals surface area contributed by atoms with Crippen LogP contribution in [0.25, 0.3) is 0 Å². The van der Waals surface area contributed by atoms with Gasteiger partial charge in [0.2, 0.25) is 5.91 Å². The van der Waals surface area contributed by atoms with Crippen molar-refractivity contribution in [1.29, 1.82) is 0 Å². The van der Waals surface area contributed by atoms with Crippen molar-refractivity contribution in [2.45, 2.75) is 26.2 Å². The largest absolute Gasteiger partial charge is 0.368 e. The van der Waals surface area contributed by atoms with E-state index in [9.17, 15) is 4.79 Å². The second kappa shape index (κ2) is 8.03. The summed E-state index contributed by atoms with van der Waals surface area (Å²) in [6.07, 6.45) is 3.61. The van der Waals surface area contributed by atoms with Crippen LogP contribution in [0.1, 0.15) is 24.0 Å². The summed E-state index contributed by atoms with van der Waals surface area (Å²) in [5.41, 5.74) is 5.06. The van der Waals surface area contributed by atoms with Crippen molar-refractivity contribution >= 4 is 17.3 Å². The van der Waals surface area contributed by atoms with Crippen molar-refractivity contribution in [3.63, 3.8) is 0 Å². The van der Waals surface area contributed by atoms with Gasteiger partial charge in [0.15, 0.2) is 0 Å². The highest BCUT2D eigenvalue weighted by molar-refractivity contribution is 5.84. The molecule has 1 N–H and O–H groups in total. The summed E-state index contributed by atoms with van der Waals surface area (Å²) in [7, 11) is 0. The quantitative estimate of drug-likeness (QED) is 0.819. The van der Waals surface area contributed by atoms with Crippen molar-refractivity contribution in [3.8, 4) is 0 Å². The molecule has 4 rings (SSSR count). The summed E-state index contributed by atoms with van der Waals surface area (Å²) in [6, 6.07) is 16.9. The molecular formula is C23H29N3O. The van der Waals surface area contributed by atoms with Crippen molar-refractivity contribution in [3.05, 3.63) is 59.7 Å². The molecule has 4 heteroatoms. The standard InChI is InChI=1S/C23H29N3O/c1-18-6-2-3-7-20(18)12-13-24-23(27)17-26-15-14-25(16-19-10-11-19)21-8-4-5-9-22(21)26/h2-9,19H,10-17H2,1H3,(H,24,27). The van der Waals surface area contributed by atoms with Gasteiger partial charge in [-0.2, -0.15) is 0 Å². The summed E-state index contributed by atoms with van der Waals surface area (Å²) in [5, 5.41) is 3.10. The average Bonchev–Trinajstić information content (AvgIpc) is 3.49. The third-order valence-electron chi connectivity index (χ3n) is 5.69. The lowest BCUT2D eigenvalue weighted by atomic mass is 10.1. The minimum atomic E-state index is 0.106. The van der Waals surface area contributed by atoms with Crippen molar-refractivity contribution < 1.29 is 4.79 Å². The fraction of sp³-hybridized carbons (Fsp3) is 0.435. The number of anilines is 2. The van der Waals surface area contributed by atoms with Gasteiger partial charge in [-0.3, -0.25) is 4.79 Å². The fourth-order valence-electron chi connectivity index (χ4n) is 3.90. The maximum absolute atomic E-state index is 12.5. The van der Waals surface area contributed by atoms with Crippen LogP contribution in [-0.4, -0.2) is 38.6 Å². The predicted octanol–water partition coefficient (Wildman–Crippen LogP) is 3.39. The highest BCUT2D eigenvalue weighted by Crippen LogP contribution is 2.37. The minimum Gasteiger partial charge on any atom is -0.368 e. The number of aryl methyl sites for hydroxylation is 1. The summed E-state index contributed by atoms with van der Waals surface area (Å²) in [5.74, 6) is 0.975. The zero-order valence-corrected chi connectivity index (χ0v) is 16.2. The van der Waals surface area contributed by atoms with Crippen molar-refractivity contribution in [2.24, 2.45) is 5.92 Å². The summed E-state index contributed by atoms with van der Waals surface area (Å²) >= 11 is 0. The second-order valence-corrected chi connectivity index (χ2v) is 7.83. The Morgan fingerprint density at radius 2 is 1.67 bits per heavy atom. The van der Waals surface area contributed by atoms with Crippen LogP contribution in [0.4, 0.5) is 11.4 Å². The predicted molar refractivity (Wildman–Crippen MR) is 111 cm³/mol. The SMILES string of the molecule is Cc1ccccc1CCNC(=O)CN1CCN(CC2CC2)c2ccccc21. The first-order valence-electron chi connectivity index (χ1n) is 10.1. The molecule has 4 nitrogen and oxygen atoms in total. The Labute approximate surface area is 162 Å². The molecule has 1 aliphatic carbocycles. The number of carbonyl (C=O) groups excluding carboxylic acids is 1. The molecule has 0 aromatic heterocycles. The van der Waals surface area contributed by atoms with Crippen LogP contribution in [-0.2, 0) is 11.2 Å².